The van der Waals surface area contributed by atoms with Gasteiger partial charge in [0.05, 0.1) is 17.0 Å². The summed E-state index contributed by atoms with van der Waals surface area (Å²) in [5.74, 6) is 0.245. The molecule has 4 rings (SSSR count). The molecule has 0 bridgehead atoms. The van der Waals surface area contributed by atoms with Crippen LogP contribution in [0.15, 0.2) is 94.7 Å². The second kappa shape index (κ2) is 7.60. The van der Waals surface area contributed by atoms with Gasteiger partial charge in [0, 0.05) is 10.9 Å². The lowest BCUT2D eigenvalue weighted by molar-refractivity contribution is 0.102. The van der Waals surface area contributed by atoms with Crippen molar-refractivity contribution < 1.29 is 4.79 Å². The van der Waals surface area contributed by atoms with Crippen LogP contribution in [0.25, 0.3) is 16.6 Å². The Balaban J connectivity index is 1.73. The second-order valence-corrected chi connectivity index (χ2v) is 6.93. The number of hydrogen-bond donors (Lipinski definition) is 0. The zero-order chi connectivity index (χ0) is 18.6. The lowest BCUT2D eigenvalue weighted by atomic mass is 10.2. The molecule has 4 nitrogen and oxygen atoms in total. The van der Waals surface area contributed by atoms with Crippen LogP contribution in [0.3, 0.4) is 0 Å². The van der Waals surface area contributed by atoms with Gasteiger partial charge in [-0.25, -0.2) is 4.79 Å². The second-order valence-electron chi connectivity index (χ2n) is 5.97. The number of benzene rings is 3. The molecule has 4 aromatic rings. The summed E-state index contributed by atoms with van der Waals surface area (Å²) in [4.78, 5) is 29.4. The van der Waals surface area contributed by atoms with Crippen molar-refractivity contribution in [3.8, 4) is 5.69 Å². The average molecular weight is 372 g/mol. The lowest BCUT2D eigenvalue weighted by Crippen LogP contribution is -2.22. The molecule has 0 radical (unpaired) electrons. The van der Waals surface area contributed by atoms with E-state index in [-0.39, 0.29) is 17.2 Å². The van der Waals surface area contributed by atoms with Crippen molar-refractivity contribution in [2.75, 3.05) is 5.75 Å². The van der Waals surface area contributed by atoms with Crippen molar-refractivity contribution >= 4 is 28.4 Å². The fourth-order valence-electron chi connectivity index (χ4n) is 2.93. The van der Waals surface area contributed by atoms with Crippen molar-refractivity contribution in [1.29, 1.82) is 0 Å². The maximum absolute atomic E-state index is 12.7. The van der Waals surface area contributed by atoms with Gasteiger partial charge in [0.2, 0.25) is 0 Å². The van der Waals surface area contributed by atoms with E-state index in [9.17, 15) is 9.59 Å². The number of hydrogen-bond acceptors (Lipinski definition) is 4. The average Bonchev–Trinajstić information content (AvgIpc) is 2.73. The summed E-state index contributed by atoms with van der Waals surface area (Å²) in [5.41, 5.74) is 1.85. The van der Waals surface area contributed by atoms with E-state index in [4.69, 9.17) is 0 Å². The largest absolute Gasteiger partial charge is 0.353 e. The van der Waals surface area contributed by atoms with Crippen LogP contribution >= 0.6 is 11.8 Å². The molecule has 27 heavy (non-hydrogen) atoms. The fraction of sp³-hybridized carbons (Fsp3) is 0.0455. The van der Waals surface area contributed by atoms with Crippen molar-refractivity contribution in [1.82, 2.24) is 9.55 Å². The molecule has 0 atom stereocenters. The monoisotopic (exact) mass is 372 g/mol. The zero-order valence-corrected chi connectivity index (χ0v) is 15.2. The number of para-hydroxylation sites is 2. The number of carbonyl (C=O) groups excluding carboxylic acids is 1. The molecule has 0 fully saturated rings. The van der Waals surface area contributed by atoms with Gasteiger partial charge in [0.25, 0.3) is 0 Å². The van der Waals surface area contributed by atoms with Gasteiger partial charge >= 0.3 is 5.69 Å². The van der Waals surface area contributed by atoms with Gasteiger partial charge in [-0.3, -0.25) is 9.36 Å². The van der Waals surface area contributed by atoms with Gasteiger partial charge in [-0.2, -0.15) is 4.98 Å². The van der Waals surface area contributed by atoms with Gasteiger partial charge < -0.3 is 0 Å². The van der Waals surface area contributed by atoms with Crippen LogP contribution in [0.4, 0.5) is 0 Å². The van der Waals surface area contributed by atoms with Crippen molar-refractivity contribution in [2.45, 2.75) is 5.03 Å². The van der Waals surface area contributed by atoms with Crippen molar-refractivity contribution in [3.63, 3.8) is 0 Å². The topological polar surface area (TPSA) is 52.0 Å². The van der Waals surface area contributed by atoms with Crippen LogP contribution in [0, 0.1) is 0 Å². The third kappa shape index (κ3) is 3.55. The fourth-order valence-corrected chi connectivity index (χ4v) is 3.83. The number of thioether (sulfide) groups is 1. The highest BCUT2D eigenvalue weighted by molar-refractivity contribution is 8.00. The van der Waals surface area contributed by atoms with Crippen LogP contribution < -0.4 is 5.69 Å². The zero-order valence-electron chi connectivity index (χ0n) is 14.4. The Bertz CT molecular complexity index is 1160. The van der Waals surface area contributed by atoms with E-state index in [1.807, 2.05) is 72.8 Å². The molecule has 0 saturated heterocycles. The Morgan fingerprint density at radius 2 is 1.48 bits per heavy atom. The first-order valence-electron chi connectivity index (χ1n) is 8.52. The number of Topliss-reactive ketones (excluding diaryl/α,β-unsaturated/α-hetero) is 1. The summed E-state index contributed by atoms with van der Waals surface area (Å²) in [7, 11) is 0. The SMILES string of the molecule is O=C(CSc1nc(=O)n(-c2ccccc2)c2ccccc12)c1ccccc1. The smallest absolute Gasteiger partial charge is 0.293 e. The van der Waals surface area contributed by atoms with Crippen LogP contribution in [0.2, 0.25) is 0 Å². The Kier molecular flexibility index (Phi) is 4.85. The molecule has 0 aliphatic rings. The van der Waals surface area contributed by atoms with Crippen molar-refractivity contribution in [3.05, 3.63) is 101 Å². The van der Waals surface area contributed by atoms with Crippen LogP contribution in [-0.2, 0) is 0 Å². The third-order valence-electron chi connectivity index (χ3n) is 4.21. The minimum Gasteiger partial charge on any atom is -0.293 e. The van der Waals surface area contributed by atoms with Gasteiger partial charge in [-0.05, 0) is 18.2 Å². The quantitative estimate of drug-likeness (QED) is 0.297. The molecular weight excluding hydrogens is 356 g/mol. The Morgan fingerprint density at radius 3 is 2.22 bits per heavy atom. The molecular formula is C22H16N2O2S. The summed E-state index contributed by atoms with van der Waals surface area (Å²) in [5, 5.41) is 1.43. The highest BCUT2D eigenvalue weighted by Gasteiger charge is 2.14. The van der Waals surface area contributed by atoms with Crippen LogP contribution in [0.5, 0.6) is 0 Å². The minimum atomic E-state index is -0.352. The van der Waals surface area contributed by atoms with E-state index in [2.05, 4.69) is 4.98 Å². The van der Waals surface area contributed by atoms with Gasteiger partial charge in [-0.1, -0.05) is 78.5 Å². The predicted molar refractivity (Wildman–Crippen MR) is 109 cm³/mol. The maximum Gasteiger partial charge on any atom is 0.353 e. The summed E-state index contributed by atoms with van der Waals surface area (Å²) in [6.07, 6.45) is 0. The first-order chi connectivity index (χ1) is 13.2. The molecule has 0 spiro atoms. The third-order valence-corrected chi connectivity index (χ3v) is 5.21. The van der Waals surface area contributed by atoms with Crippen molar-refractivity contribution in [2.24, 2.45) is 0 Å². The number of fused-ring (bicyclic) bond motifs is 1. The van der Waals surface area contributed by atoms with E-state index in [0.717, 1.165) is 16.6 Å². The summed E-state index contributed by atoms with van der Waals surface area (Å²) < 4.78 is 1.60. The lowest BCUT2D eigenvalue weighted by Gasteiger charge is -2.12. The molecule has 5 heteroatoms. The molecule has 132 valence electrons. The summed E-state index contributed by atoms with van der Waals surface area (Å²) in [6, 6.07) is 26.2. The van der Waals surface area contributed by atoms with E-state index in [0.29, 0.717) is 10.6 Å². The van der Waals surface area contributed by atoms with Gasteiger partial charge in [0.15, 0.2) is 5.78 Å². The van der Waals surface area contributed by atoms with Crippen LogP contribution in [-0.4, -0.2) is 21.1 Å². The number of aromatic nitrogens is 2. The number of nitrogens with zero attached hydrogens (tertiary/aromatic N) is 2. The Hall–Kier alpha value is -3.18. The summed E-state index contributed by atoms with van der Waals surface area (Å²) in [6.45, 7) is 0. The highest BCUT2D eigenvalue weighted by atomic mass is 32.2. The van der Waals surface area contributed by atoms with Crippen LogP contribution in [0.1, 0.15) is 10.4 Å². The van der Waals surface area contributed by atoms with Gasteiger partial charge in [-0.15, -0.1) is 0 Å². The van der Waals surface area contributed by atoms with E-state index >= 15 is 0 Å². The Morgan fingerprint density at radius 1 is 0.852 bits per heavy atom. The number of ketones is 1. The van der Waals surface area contributed by atoms with E-state index < -0.39 is 0 Å². The molecule has 3 aromatic carbocycles. The first kappa shape index (κ1) is 17.2. The van der Waals surface area contributed by atoms with Gasteiger partial charge in [0.1, 0.15) is 5.03 Å². The summed E-state index contributed by atoms with van der Waals surface area (Å²) >= 11 is 1.30. The molecule has 0 saturated carbocycles. The standard InChI is InChI=1S/C22H16N2O2S/c25-20(16-9-3-1-4-10-16)15-27-21-18-13-7-8-14-19(18)24(22(26)23-21)17-11-5-2-6-12-17/h1-14H,15H2. The highest BCUT2D eigenvalue weighted by Crippen LogP contribution is 2.26. The number of carbonyl (C=O) groups is 1. The molecule has 0 aliphatic carbocycles. The minimum absolute atomic E-state index is 0.0127. The molecule has 1 heterocycles. The Labute approximate surface area is 160 Å². The molecule has 0 aliphatic heterocycles. The normalized spacial score (nSPS) is 10.8. The predicted octanol–water partition coefficient (Wildman–Crippen LogP) is 4.36. The molecule has 1 aromatic heterocycles. The molecule has 0 N–H and O–H groups in total. The van der Waals surface area contributed by atoms with E-state index in [1.54, 1.807) is 16.7 Å². The molecule has 0 unspecified atom stereocenters. The van der Waals surface area contributed by atoms with E-state index in [1.165, 1.54) is 11.8 Å². The molecule has 0 amide bonds. The maximum atomic E-state index is 12.7. The number of rotatable bonds is 5. The first-order valence-corrected chi connectivity index (χ1v) is 9.51.